The molecule has 176 valence electrons. The molecule has 0 bridgehead atoms. The average molecular weight is 450 g/mol. The molecular formula is C27H36FN5. The fourth-order valence-electron chi connectivity index (χ4n) is 4.90. The molecular weight excluding hydrogens is 413 g/mol. The molecule has 1 aromatic heterocycles. The molecule has 2 N–H and O–H groups in total. The van der Waals surface area contributed by atoms with E-state index in [1.807, 2.05) is 13.0 Å². The summed E-state index contributed by atoms with van der Waals surface area (Å²) < 4.78 is 14.6. The van der Waals surface area contributed by atoms with E-state index in [9.17, 15) is 4.39 Å². The van der Waals surface area contributed by atoms with Crippen molar-refractivity contribution in [3.05, 3.63) is 72.1 Å². The molecule has 0 atom stereocenters. The molecule has 2 saturated carbocycles. The highest BCUT2D eigenvalue weighted by Crippen LogP contribution is 2.47. The molecule has 0 radical (unpaired) electrons. The Kier molecular flexibility index (Phi) is 5.97. The Morgan fingerprint density at radius 3 is 2.36 bits per heavy atom. The van der Waals surface area contributed by atoms with Crippen molar-refractivity contribution in [3.8, 4) is 0 Å². The SMILES string of the molecule is C=C(C)C1=C(C)C=C(Nc2cc(NC(=C)C3CC3)ncn2)C(=C)N1C1(C)CCC(C)(F)CC1. The number of nitrogens with zero attached hydrogens (tertiary/aromatic N) is 3. The Labute approximate surface area is 197 Å². The summed E-state index contributed by atoms with van der Waals surface area (Å²) in [4.78, 5) is 11.0. The molecule has 2 fully saturated rings. The maximum atomic E-state index is 14.6. The number of rotatable bonds is 7. The molecule has 4 rings (SSSR count). The molecule has 0 amide bonds. The van der Waals surface area contributed by atoms with E-state index < -0.39 is 5.67 Å². The van der Waals surface area contributed by atoms with Gasteiger partial charge < -0.3 is 15.5 Å². The number of halogens is 1. The van der Waals surface area contributed by atoms with Gasteiger partial charge in [-0.2, -0.15) is 0 Å². The number of aromatic nitrogens is 2. The van der Waals surface area contributed by atoms with Gasteiger partial charge in [0.25, 0.3) is 0 Å². The number of allylic oxidation sites excluding steroid dienone is 4. The fourth-order valence-corrected chi connectivity index (χ4v) is 4.90. The smallest absolute Gasteiger partial charge is 0.135 e. The van der Waals surface area contributed by atoms with Crippen molar-refractivity contribution in [2.75, 3.05) is 10.6 Å². The first-order valence-corrected chi connectivity index (χ1v) is 11.8. The maximum Gasteiger partial charge on any atom is 0.135 e. The summed E-state index contributed by atoms with van der Waals surface area (Å²) in [7, 11) is 0. The average Bonchev–Trinajstić information content (AvgIpc) is 3.58. The van der Waals surface area contributed by atoms with E-state index in [4.69, 9.17) is 0 Å². The molecule has 0 saturated heterocycles. The zero-order valence-corrected chi connectivity index (χ0v) is 20.4. The van der Waals surface area contributed by atoms with Crippen molar-refractivity contribution in [1.29, 1.82) is 0 Å². The minimum Gasteiger partial charge on any atom is -0.344 e. The van der Waals surface area contributed by atoms with Crippen LogP contribution in [0.1, 0.15) is 66.2 Å². The van der Waals surface area contributed by atoms with Crippen molar-refractivity contribution >= 4 is 11.6 Å². The minimum absolute atomic E-state index is 0.236. The van der Waals surface area contributed by atoms with Crippen LogP contribution in [0.2, 0.25) is 0 Å². The number of nitrogens with one attached hydrogen (secondary N) is 2. The fraction of sp³-hybridized carbons (Fsp3) is 0.481. The summed E-state index contributed by atoms with van der Waals surface area (Å²) >= 11 is 0. The molecule has 0 unspecified atom stereocenters. The quantitative estimate of drug-likeness (QED) is 0.477. The van der Waals surface area contributed by atoms with Gasteiger partial charge in [-0.25, -0.2) is 14.4 Å². The summed E-state index contributed by atoms with van der Waals surface area (Å²) in [5.41, 5.74) is 4.53. The van der Waals surface area contributed by atoms with Crippen LogP contribution in [-0.2, 0) is 0 Å². The van der Waals surface area contributed by atoms with E-state index >= 15 is 0 Å². The summed E-state index contributed by atoms with van der Waals surface area (Å²) in [6.07, 6.45) is 8.57. The van der Waals surface area contributed by atoms with Crippen molar-refractivity contribution in [2.45, 2.75) is 77.4 Å². The molecule has 0 spiro atoms. The Balaban J connectivity index is 1.60. The van der Waals surface area contributed by atoms with E-state index in [1.165, 1.54) is 12.8 Å². The van der Waals surface area contributed by atoms with Crippen LogP contribution < -0.4 is 10.6 Å². The second-order valence-corrected chi connectivity index (χ2v) is 10.4. The Morgan fingerprint density at radius 2 is 1.76 bits per heavy atom. The lowest BCUT2D eigenvalue weighted by molar-refractivity contribution is 0.0424. The molecule has 6 heteroatoms. The summed E-state index contributed by atoms with van der Waals surface area (Å²) in [6.45, 7) is 20.8. The Hall–Kier alpha value is -2.89. The highest BCUT2D eigenvalue weighted by molar-refractivity contribution is 5.59. The zero-order valence-electron chi connectivity index (χ0n) is 20.4. The number of hydrogen-bond acceptors (Lipinski definition) is 5. The molecule has 33 heavy (non-hydrogen) atoms. The lowest BCUT2D eigenvalue weighted by Gasteiger charge is -2.51. The normalized spacial score (nSPS) is 27.8. The van der Waals surface area contributed by atoms with E-state index in [2.05, 4.69) is 65.2 Å². The second kappa shape index (κ2) is 8.47. The number of anilines is 2. The second-order valence-electron chi connectivity index (χ2n) is 10.4. The van der Waals surface area contributed by atoms with Gasteiger partial charge in [0.1, 0.15) is 23.6 Å². The van der Waals surface area contributed by atoms with Gasteiger partial charge in [-0.05, 0) is 89.4 Å². The van der Waals surface area contributed by atoms with Gasteiger partial charge in [0.05, 0.1) is 11.4 Å². The summed E-state index contributed by atoms with van der Waals surface area (Å²) in [5, 5.41) is 6.75. The molecule has 5 nitrogen and oxygen atoms in total. The van der Waals surface area contributed by atoms with Crippen molar-refractivity contribution in [1.82, 2.24) is 14.9 Å². The largest absolute Gasteiger partial charge is 0.344 e. The predicted octanol–water partition coefficient (Wildman–Crippen LogP) is 6.85. The van der Waals surface area contributed by atoms with Crippen LogP contribution in [0.25, 0.3) is 0 Å². The van der Waals surface area contributed by atoms with Gasteiger partial charge >= 0.3 is 0 Å². The molecule has 3 aliphatic rings. The standard InChI is InChI=1S/C27H36FN5/c1-17(2)25-18(3)14-22(20(5)33(25)27(7)12-10-26(6,28)11-13-27)32-24-15-23(29-16-30-24)31-19(4)21-8-9-21/h14-16,21H,1,4-5,8-13H2,2-3,6-7H3,(H2,29,30,31,32). The monoisotopic (exact) mass is 449 g/mol. The van der Waals surface area contributed by atoms with Crippen molar-refractivity contribution < 1.29 is 4.39 Å². The zero-order chi connectivity index (χ0) is 24.0. The van der Waals surface area contributed by atoms with Crippen LogP contribution >= 0.6 is 0 Å². The first kappa shape index (κ1) is 23.3. The Bertz CT molecular complexity index is 1050. The molecule has 0 aromatic carbocycles. The predicted molar refractivity (Wildman–Crippen MR) is 134 cm³/mol. The van der Waals surface area contributed by atoms with Crippen LogP contribution in [0.4, 0.5) is 16.0 Å². The first-order valence-electron chi connectivity index (χ1n) is 11.8. The van der Waals surface area contributed by atoms with E-state index in [-0.39, 0.29) is 5.54 Å². The highest BCUT2D eigenvalue weighted by Gasteiger charge is 2.44. The van der Waals surface area contributed by atoms with Crippen LogP contribution in [0.15, 0.2) is 72.1 Å². The third-order valence-electron chi connectivity index (χ3n) is 7.14. The highest BCUT2D eigenvalue weighted by atomic mass is 19.1. The van der Waals surface area contributed by atoms with Crippen LogP contribution in [0.5, 0.6) is 0 Å². The third kappa shape index (κ3) is 4.90. The van der Waals surface area contributed by atoms with E-state index in [0.717, 1.165) is 52.6 Å². The molecule has 2 aliphatic carbocycles. The molecule has 2 heterocycles. The number of alkyl halides is 1. The lowest BCUT2D eigenvalue weighted by atomic mass is 9.74. The molecule has 1 aromatic rings. The van der Waals surface area contributed by atoms with Crippen LogP contribution in [0.3, 0.4) is 0 Å². The molecule has 1 aliphatic heterocycles. The van der Waals surface area contributed by atoms with Gasteiger partial charge in [0.15, 0.2) is 0 Å². The lowest BCUT2D eigenvalue weighted by Crippen LogP contribution is -2.51. The first-order chi connectivity index (χ1) is 15.5. The van der Waals surface area contributed by atoms with Crippen LogP contribution in [0, 0.1) is 5.92 Å². The van der Waals surface area contributed by atoms with Gasteiger partial charge in [-0.1, -0.05) is 19.7 Å². The van der Waals surface area contributed by atoms with Crippen LogP contribution in [-0.4, -0.2) is 26.1 Å². The summed E-state index contributed by atoms with van der Waals surface area (Å²) in [6, 6.07) is 1.89. The third-order valence-corrected chi connectivity index (χ3v) is 7.14. The van der Waals surface area contributed by atoms with Gasteiger partial charge in [-0.3, -0.25) is 0 Å². The van der Waals surface area contributed by atoms with Crippen molar-refractivity contribution in [3.63, 3.8) is 0 Å². The van der Waals surface area contributed by atoms with Crippen molar-refractivity contribution in [2.24, 2.45) is 5.92 Å². The number of hydrogen-bond donors (Lipinski definition) is 2. The van der Waals surface area contributed by atoms with E-state index in [0.29, 0.717) is 24.6 Å². The van der Waals surface area contributed by atoms with Gasteiger partial charge in [-0.15, -0.1) is 0 Å². The van der Waals surface area contributed by atoms with Gasteiger partial charge in [0.2, 0.25) is 0 Å². The Morgan fingerprint density at radius 1 is 1.12 bits per heavy atom. The topological polar surface area (TPSA) is 53.1 Å². The van der Waals surface area contributed by atoms with E-state index in [1.54, 1.807) is 13.3 Å². The minimum atomic E-state index is -1.11. The maximum absolute atomic E-state index is 14.6. The van der Waals surface area contributed by atoms with Gasteiger partial charge in [0, 0.05) is 23.0 Å². The summed E-state index contributed by atoms with van der Waals surface area (Å²) in [5.74, 6) is 1.95.